The minimum Gasteiger partial charge on any atom is -0.379 e. The molecule has 0 bridgehead atoms. The summed E-state index contributed by atoms with van der Waals surface area (Å²) in [5.41, 5.74) is 2.05. The highest BCUT2D eigenvalue weighted by Gasteiger charge is 2.26. The molecule has 4 heterocycles. The Morgan fingerprint density at radius 3 is 3.13 bits per heavy atom. The number of aromatic nitrogens is 3. The van der Waals surface area contributed by atoms with Crippen molar-refractivity contribution in [2.75, 3.05) is 32.8 Å². The van der Waals surface area contributed by atoms with E-state index in [4.69, 9.17) is 9.72 Å². The molecule has 5 nitrogen and oxygen atoms in total. The van der Waals surface area contributed by atoms with Crippen LogP contribution in [-0.2, 0) is 11.2 Å². The number of fused-ring (bicyclic) bond motifs is 1. The second kappa shape index (κ2) is 6.57. The Hall–Kier alpha value is -1.46. The molecular formula is C18H26N4O. The highest BCUT2D eigenvalue weighted by molar-refractivity contribution is 5.71. The van der Waals surface area contributed by atoms with Gasteiger partial charge in [-0.15, -0.1) is 0 Å². The van der Waals surface area contributed by atoms with Crippen molar-refractivity contribution in [3.05, 3.63) is 24.2 Å². The van der Waals surface area contributed by atoms with Crippen LogP contribution in [0.25, 0.3) is 11.2 Å². The number of likely N-dealkylation sites (tertiary alicyclic amines) is 1. The lowest BCUT2D eigenvalue weighted by Gasteiger charge is -2.32. The van der Waals surface area contributed by atoms with Crippen LogP contribution in [0.15, 0.2) is 18.3 Å². The topological polar surface area (TPSA) is 43.2 Å². The Morgan fingerprint density at radius 1 is 1.35 bits per heavy atom. The fraction of sp³-hybridized carbons (Fsp3) is 0.667. The van der Waals surface area contributed by atoms with Crippen LogP contribution in [-0.4, -0.2) is 52.3 Å². The summed E-state index contributed by atoms with van der Waals surface area (Å²) in [5.74, 6) is 1.92. The van der Waals surface area contributed by atoms with E-state index in [1.807, 2.05) is 12.3 Å². The Kier molecular flexibility index (Phi) is 4.31. The number of pyridine rings is 1. The number of rotatable bonds is 4. The maximum atomic E-state index is 5.62. The molecule has 2 aromatic rings. The highest BCUT2D eigenvalue weighted by Crippen LogP contribution is 2.28. The number of imidazole rings is 1. The first-order valence-corrected chi connectivity index (χ1v) is 8.97. The Balaban J connectivity index is 1.64. The molecular weight excluding hydrogens is 288 g/mol. The molecule has 124 valence electrons. The van der Waals surface area contributed by atoms with Gasteiger partial charge in [0.05, 0.1) is 12.6 Å². The van der Waals surface area contributed by atoms with Gasteiger partial charge in [0.1, 0.15) is 11.3 Å². The standard InChI is InChI=1S/C18H26N4O/c1-2-21-9-4-5-14(12-21)11-17-20-16-6-3-8-19-18(16)22(17)15-7-10-23-13-15/h3,6,8,14-15H,2,4-5,7,9-13H2,1H3. The number of nitrogens with zero attached hydrogens (tertiary/aromatic N) is 4. The van der Waals surface area contributed by atoms with E-state index in [9.17, 15) is 0 Å². The molecule has 2 unspecified atom stereocenters. The van der Waals surface area contributed by atoms with Gasteiger partial charge in [0.2, 0.25) is 0 Å². The van der Waals surface area contributed by atoms with Crippen molar-refractivity contribution in [2.45, 2.75) is 38.6 Å². The molecule has 0 amide bonds. The molecule has 0 spiro atoms. The normalized spacial score (nSPS) is 26.1. The molecule has 2 fully saturated rings. The molecule has 5 heteroatoms. The van der Waals surface area contributed by atoms with Crippen molar-refractivity contribution in [2.24, 2.45) is 5.92 Å². The molecule has 0 N–H and O–H groups in total. The zero-order valence-corrected chi connectivity index (χ0v) is 13.9. The molecule has 2 aliphatic heterocycles. The fourth-order valence-corrected chi connectivity index (χ4v) is 4.09. The summed E-state index contributed by atoms with van der Waals surface area (Å²) in [7, 11) is 0. The number of hydrogen-bond donors (Lipinski definition) is 0. The minimum atomic E-state index is 0.399. The molecule has 2 aliphatic rings. The molecule has 23 heavy (non-hydrogen) atoms. The SMILES string of the molecule is CCN1CCCC(Cc2nc3cccnc3n2C2CCOC2)C1. The third-order valence-corrected chi connectivity index (χ3v) is 5.31. The van der Waals surface area contributed by atoms with Crippen molar-refractivity contribution < 1.29 is 4.74 Å². The van der Waals surface area contributed by atoms with E-state index in [-0.39, 0.29) is 0 Å². The maximum Gasteiger partial charge on any atom is 0.160 e. The van der Waals surface area contributed by atoms with E-state index in [1.165, 1.54) is 31.8 Å². The van der Waals surface area contributed by atoms with Crippen LogP contribution in [0.1, 0.15) is 38.1 Å². The van der Waals surface area contributed by atoms with Gasteiger partial charge in [-0.2, -0.15) is 0 Å². The molecule has 0 aromatic carbocycles. The highest BCUT2D eigenvalue weighted by atomic mass is 16.5. The van der Waals surface area contributed by atoms with Gasteiger partial charge in [0, 0.05) is 25.8 Å². The minimum absolute atomic E-state index is 0.399. The molecule has 0 saturated carbocycles. The number of piperidine rings is 1. The molecule has 2 atom stereocenters. The second-order valence-electron chi connectivity index (χ2n) is 6.87. The lowest BCUT2D eigenvalue weighted by Crippen LogP contribution is -2.36. The molecule has 2 aromatic heterocycles. The first-order chi connectivity index (χ1) is 11.3. The van der Waals surface area contributed by atoms with E-state index in [1.54, 1.807) is 0 Å². The van der Waals surface area contributed by atoms with E-state index < -0.39 is 0 Å². The third-order valence-electron chi connectivity index (χ3n) is 5.31. The average molecular weight is 314 g/mol. The second-order valence-corrected chi connectivity index (χ2v) is 6.87. The van der Waals surface area contributed by atoms with Gasteiger partial charge in [-0.25, -0.2) is 9.97 Å². The predicted octanol–water partition coefficient (Wildman–Crippen LogP) is 2.67. The lowest BCUT2D eigenvalue weighted by molar-refractivity contribution is 0.176. The predicted molar refractivity (Wildman–Crippen MR) is 90.5 cm³/mol. The quantitative estimate of drug-likeness (QED) is 0.870. The summed E-state index contributed by atoms with van der Waals surface area (Å²) < 4.78 is 7.99. The van der Waals surface area contributed by atoms with Crippen molar-refractivity contribution >= 4 is 11.2 Å². The van der Waals surface area contributed by atoms with Crippen LogP contribution in [0.3, 0.4) is 0 Å². The Morgan fingerprint density at radius 2 is 2.30 bits per heavy atom. The number of ether oxygens (including phenoxy) is 1. The van der Waals surface area contributed by atoms with Crippen LogP contribution in [0.4, 0.5) is 0 Å². The van der Waals surface area contributed by atoms with Crippen molar-refractivity contribution in [3.8, 4) is 0 Å². The van der Waals surface area contributed by atoms with Gasteiger partial charge >= 0.3 is 0 Å². The average Bonchev–Trinajstić information content (AvgIpc) is 3.21. The van der Waals surface area contributed by atoms with Crippen LogP contribution >= 0.6 is 0 Å². The summed E-state index contributed by atoms with van der Waals surface area (Å²) in [4.78, 5) is 12.1. The van der Waals surface area contributed by atoms with Gasteiger partial charge < -0.3 is 14.2 Å². The van der Waals surface area contributed by atoms with Crippen LogP contribution in [0.5, 0.6) is 0 Å². The van der Waals surface area contributed by atoms with Crippen LogP contribution in [0.2, 0.25) is 0 Å². The maximum absolute atomic E-state index is 5.62. The smallest absolute Gasteiger partial charge is 0.160 e. The van der Waals surface area contributed by atoms with Gasteiger partial charge in [-0.05, 0) is 50.4 Å². The number of hydrogen-bond acceptors (Lipinski definition) is 4. The van der Waals surface area contributed by atoms with Crippen molar-refractivity contribution in [1.82, 2.24) is 19.4 Å². The van der Waals surface area contributed by atoms with Crippen molar-refractivity contribution in [1.29, 1.82) is 0 Å². The van der Waals surface area contributed by atoms with Gasteiger partial charge in [0.25, 0.3) is 0 Å². The van der Waals surface area contributed by atoms with Crippen molar-refractivity contribution in [3.63, 3.8) is 0 Å². The molecule has 0 radical (unpaired) electrons. The molecule has 4 rings (SSSR count). The summed E-state index contributed by atoms with van der Waals surface area (Å²) in [6, 6.07) is 4.46. The molecule has 2 saturated heterocycles. The molecule has 0 aliphatic carbocycles. The van der Waals surface area contributed by atoms with Gasteiger partial charge in [-0.3, -0.25) is 0 Å². The monoisotopic (exact) mass is 314 g/mol. The zero-order chi connectivity index (χ0) is 15.6. The van der Waals surface area contributed by atoms with E-state index in [0.717, 1.165) is 43.8 Å². The summed E-state index contributed by atoms with van der Waals surface area (Å²) in [5, 5.41) is 0. The largest absolute Gasteiger partial charge is 0.379 e. The fourth-order valence-electron chi connectivity index (χ4n) is 4.09. The van der Waals surface area contributed by atoms with Gasteiger partial charge in [0.15, 0.2) is 5.65 Å². The summed E-state index contributed by atoms with van der Waals surface area (Å²) in [6.45, 7) is 7.52. The van der Waals surface area contributed by atoms with E-state index in [2.05, 4.69) is 27.4 Å². The summed E-state index contributed by atoms with van der Waals surface area (Å²) in [6.07, 6.45) is 6.63. The zero-order valence-electron chi connectivity index (χ0n) is 13.9. The van der Waals surface area contributed by atoms with E-state index in [0.29, 0.717) is 12.0 Å². The van der Waals surface area contributed by atoms with E-state index >= 15 is 0 Å². The Labute approximate surface area is 137 Å². The summed E-state index contributed by atoms with van der Waals surface area (Å²) >= 11 is 0. The third kappa shape index (κ3) is 3.00. The first-order valence-electron chi connectivity index (χ1n) is 8.97. The van der Waals surface area contributed by atoms with Crippen LogP contribution < -0.4 is 0 Å². The van der Waals surface area contributed by atoms with Gasteiger partial charge in [-0.1, -0.05) is 6.92 Å². The first kappa shape index (κ1) is 15.1. The van der Waals surface area contributed by atoms with Crippen LogP contribution in [0, 0.1) is 5.92 Å². The lowest BCUT2D eigenvalue weighted by atomic mass is 9.94. The Bertz CT molecular complexity index is 662.